The molecule has 4 atom stereocenters. The smallest absolute Gasteiger partial charge is 0.172 e. The summed E-state index contributed by atoms with van der Waals surface area (Å²) in [6.45, 7) is 20.8. The highest BCUT2D eigenvalue weighted by molar-refractivity contribution is 5.29. The number of aliphatic hydroxyl groups is 1. The topological polar surface area (TPSA) is 38.7 Å². The van der Waals surface area contributed by atoms with Gasteiger partial charge in [0.05, 0.1) is 19.3 Å². The summed E-state index contributed by atoms with van der Waals surface area (Å²) in [6, 6.07) is 0. The Morgan fingerprint density at radius 3 is 2.36 bits per heavy atom. The zero-order valence-electron chi connectivity index (χ0n) is 16.7. The van der Waals surface area contributed by atoms with E-state index in [0.29, 0.717) is 19.1 Å². The van der Waals surface area contributed by atoms with Crippen LogP contribution in [0.1, 0.15) is 60.3 Å². The number of ether oxygens (including phenoxy) is 2. The maximum atomic E-state index is 11.2. The monoisotopic (exact) mass is 348 g/mol. The number of aliphatic hydroxyl groups excluding tert-OH is 1. The first-order valence-electron chi connectivity index (χ1n) is 9.82. The van der Waals surface area contributed by atoms with Gasteiger partial charge in [0.1, 0.15) is 0 Å². The minimum Gasteiger partial charge on any atom is -0.388 e. The summed E-state index contributed by atoms with van der Waals surface area (Å²) in [6.07, 6.45) is 5.33. The molecule has 1 saturated heterocycles. The minimum atomic E-state index is -0.603. The van der Waals surface area contributed by atoms with Crippen molar-refractivity contribution >= 4 is 0 Å². The van der Waals surface area contributed by atoms with Crippen molar-refractivity contribution < 1.29 is 14.6 Å². The van der Waals surface area contributed by atoms with Gasteiger partial charge in [-0.2, -0.15) is 0 Å². The third-order valence-electron chi connectivity index (χ3n) is 7.93. The second-order valence-corrected chi connectivity index (χ2v) is 9.81. The number of fused-ring (bicyclic) bond motifs is 2. The van der Waals surface area contributed by atoms with Crippen molar-refractivity contribution in [1.29, 1.82) is 0 Å². The van der Waals surface area contributed by atoms with E-state index in [1.807, 2.05) is 19.9 Å². The van der Waals surface area contributed by atoms with Gasteiger partial charge in [-0.1, -0.05) is 47.3 Å². The molecule has 2 saturated carbocycles. The summed E-state index contributed by atoms with van der Waals surface area (Å²) in [5.74, 6) is 0.311. The van der Waals surface area contributed by atoms with Crippen molar-refractivity contribution in [2.24, 2.45) is 28.1 Å². The quantitative estimate of drug-likeness (QED) is 0.748. The zero-order chi connectivity index (χ0) is 18.7. The normalized spacial score (nSPS) is 37.7. The van der Waals surface area contributed by atoms with E-state index >= 15 is 0 Å². The van der Waals surface area contributed by atoms with Crippen LogP contribution in [0.15, 0.2) is 24.8 Å². The van der Waals surface area contributed by atoms with Crippen molar-refractivity contribution in [2.75, 3.05) is 13.2 Å². The van der Waals surface area contributed by atoms with Gasteiger partial charge in [0.15, 0.2) is 5.79 Å². The molecule has 3 heteroatoms. The van der Waals surface area contributed by atoms with E-state index in [1.165, 1.54) is 0 Å². The molecule has 0 aromatic rings. The Morgan fingerprint density at radius 2 is 1.80 bits per heavy atom. The van der Waals surface area contributed by atoms with Crippen LogP contribution < -0.4 is 0 Å². The van der Waals surface area contributed by atoms with Crippen LogP contribution in [0.5, 0.6) is 0 Å². The van der Waals surface area contributed by atoms with Crippen LogP contribution in [0.2, 0.25) is 0 Å². The number of rotatable bonds is 4. The van der Waals surface area contributed by atoms with Gasteiger partial charge < -0.3 is 14.6 Å². The SMILES string of the molecule is C=CC(C)(C)[C@@H](O)C(=C)[C@@]12CC[C@@H](C)C(C)(C)C1C1(CC2)OCCO1. The van der Waals surface area contributed by atoms with Gasteiger partial charge >= 0.3 is 0 Å². The maximum Gasteiger partial charge on any atom is 0.172 e. The molecule has 1 unspecified atom stereocenters. The van der Waals surface area contributed by atoms with Crippen LogP contribution in [-0.4, -0.2) is 30.2 Å². The minimum absolute atomic E-state index is 0.0695. The predicted molar refractivity (Wildman–Crippen MR) is 101 cm³/mol. The molecule has 1 N–H and O–H groups in total. The van der Waals surface area contributed by atoms with Gasteiger partial charge in [-0.3, -0.25) is 0 Å². The van der Waals surface area contributed by atoms with E-state index in [9.17, 15) is 5.11 Å². The Kier molecular flexibility index (Phi) is 4.54. The van der Waals surface area contributed by atoms with E-state index in [2.05, 4.69) is 33.9 Å². The molecule has 3 rings (SSSR count). The van der Waals surface area contributed by atoms with Gasteiger partial charge in [0.2, 0.25) is 0 Å². The molecular formula is C22H36O3. The second kappa shape index (κ2) is 5.94. The molecule has 2 aliphatic carbocycles. The van der Waals surface area contributed by atoms with E-state index < -0.39 is 17.3 Å². The lowest BCUT2D eigenvalue weighted by Gasteiger charge is -2.57. The highest BCUT2D eigenvalue weighted by atomic mass is 16.7. The number of hydrogen-bond donors (Lipinski definition) is 1. The Balaban J connectivity index is 2.06. The van der Waals surface area contributed by atoms with E-state index in [0.717, 1.165) is 31.3 Å². The van der Waals surface area contributed by atoms with Crippen molar-refractivity contribution in [2.45, 2.75) is 72.2 Å². The maximum absolute atomic E-state index is 11.2. The van der Waals surface area contributed by atoms with Crippen molar-refractivity contribution in [1.82, 2.24) is 0 Å². The van der Waals surface area contributed by atoms with E-state index in [4.69, 9.17) is 9.47 Å². The van der Waals surface area contributed by atoms with Crippen LogP contribution in [0, 0.1) is 28.1 Å². The van der Waals surface area contributed by atoms with Crippen molar-refractivity contribution in [3.8, 4) is 0 Å². The van der Waals surface area contributed by atoms with Crippen LogP contribution >= 0.6 is 0 Å². The summed E-state index contributed by atoms with van der Waals surface area (Å²) in [5.41, 5.74) is 0.509. The molecule has 0 amide bonds. The first-order chi connectivity index (χ1) is 11.5. The lowest BCUT2D eigenvalue weighted by molar-refractivity contribution is -0.234. The van der Waals surface area contributed by atoms with Crippen LogP contribution in [0.3, 0.4) is 0 Å². The summed E-state index contributed by atoms with van der Waals surface area (Å²) < 4.78 is 12.5. The Labute approximate surface area is 153 Å². The molecule has 142 valence electrons. The van der Waals surface area contributed by atoms with Gasteiger partial charge in [0.25, 0.3) is 0 Å². The summed E-state index contributed by atoms with van der Waals surface area (Å²) in [4.78, 5) is 0. The van der Waals surface area contributed by atoms with Gasteiger partial charge in [-0.25, -0.2) is 0 Å². The summed E-state index contributed by atoms with van der Waals surface area (Å²) in [7, 11) is 0. The highest BCUT2D eigenvalue weighted by Crippen LogP contribution is 2.69. The Bertz CT molecular complexity index is 556. The fraction of sp³-hybridized carbons (Fsp3) is 0.818. The van der Waals surface area contributed by atoms with E-state index in [-0.39, 0.29) is 16.7 Å². The molecule has 1 aliphatic heterocycles. The molecular weight excluding hydrogens is 312 g/mol. The first-order valence-corrected chi connectivity index (χ1v) is 9.82. The molecule has 0 bridgehead atoms. The van der Waals surface area contributed by atoms with Gasteiger partial charge in [0, 0.05) is 23.2 Å². The van der Waals surface area contributed by atoms with Crippen LogP contribution in [0.4, 0.5) is 0 Å². The summed E-state index contributed by atoms with van der Waals surface area (Å²) in [5, 5.41) is 11.2. The Morgan fingerprint density at radius 1 is 1.20 bits per heavy atom. The van der Waals surface area contributed by atoms with E-state index in [1.54, 1.807) is 0 Å². The Hall–Kier alpha value is -0.640. The third kappa shape index (κ3) is 2.57. The standard InChI is InChI=1S/C22H36O3/c1-8-19(4,5)17(23)16(3)21-10-9-15(2)20(6,7)18(21)22(12-11-21)24-13-14-25-22/h8,15,17-18,23H,1,3,9-14H2,2,4-7H3/t15-,17+,18?,21+/m1/s1. The molecule has 3 aliphatic rings. The van der Waals surface area contributed by atoms with Crippen LogP contribution in [0.25, 0.3) is 0 Å². The number of hydrogen-bond acceptors (Lipinski definition) is 3. The molecule has 1 spiro atoms. The third-order valence-corrected chi connectivity index (χ3v) is 7.93. The molecule has 1 heterocycles. The van der Waals surface area contributed by atoms with Crippen molar-refractivity contribution in [3.05, 3.63) is 24.8 Å². The van der Waals surface area contributed by atoms with Gasteiger partial charge in [-0.05, 0) is 36.2 Å². The fourth-order valence-corrected chi connectivity index (χ4v) is 5.91. The lowest BCUT2D eigenvalue weighted by Crippen LogP contribution is -2.56. The zero-order valence-corrected chi connectivity index (χ0v) is 16.7. The molecule has 0 aromatic heterocycles. The molecule has 3 nitrogen and oxygen atoms in total. The van der Waals surface area contributed by atoms with Crippen LogP contribution in [-0.2, 0) is 9.47 Å². The highest BCUT2D eigenvalue weighted by Gasteiger charge is 2.68. The molecule has 0 aromatic carbocycles. The van der Waals surface area contributed by atoms with Crippen molar-refractivity contribution in [3.63, 3.8) is 0 Å². The largest absolute Gasteiger partial charge is 0.388 e. The fourth-order valence-electron chi connectivity index (χ4n) is 5.91. The lowest BCUT2D eigenvalue weighted by atomic mass is 9.49. The predicted octanol–water partition coefficient (Wildman–Crippen LogP) is 4.71. The first kappa shape index (κ1) is 19.1. The van der Waals surface area contributed by atoms with Gasteiger partial charge in [-0.15, -0.1) is 6.58 Å². The molecule has 3 fully saturated rings. The summed E-state index contributed by atoms with van der Waals surface area (Å²) >= 11 is 0. The second-order valence-electron chi connectivity index (χ2n) is 9.81. The average Bonchev–Trinajstić information content (AvgIpc) is 3.17. The average molecular weight is 349 g/mol. The molecule has 0 radical (unpaired) electrons. The molecule has 25 heavy (non-hydrogen) atoms.